The first-order chi connectivity index (χ1) is 12.9. The molecule has 2 aromatic carbocycles. The van der Waals surface area contributed by atoms with E-state index in [2.05, 4.69) is 62.4 Å². The summed E-state index contributed by atoms with van der Waals surface area (Å²) < 4.78 is 0.541. The molecule has 0 unspecified atom stereocenters. The summed E-state index contributed by atoms with van der Waals surface area (Å²) in [5.41, 5.74) is 4.27. The number of carbonyl (C=O) groups is 1. The Morgan fingerprint density at radius 1 is 1.19 bits per heavy atom. The lowest BCUT2D eigenvalue weighted by Gasteiger charge is -2.10. The normalized spacial score (nSPS) is 10.7. The molecule has 27 heavy (non-hydrogen) atoms. The number of nitrogens with one attached hydrogen (secondary N) is 1. The molecule has 138 valence electrons. The van der Waals surface area contributed by atoms with Gasteiger partial charge in [-0.25, -0.2) is 9.97 Å². The molecule has 0 spiro atoms. The zero-order valence-electron chi connectivity index (χ0n) is 14.8. The average Bonchev–Trinajstić information content (AvgIpc) is 2.65. The van der Waals surface area contributed by atoms with Gasteiger partial charge in [0.25, 0.3) is 5.91 Å². The Morgan fingerprint density at radius 2 is 1.93 bits per heavy atom. The number of nitrogens with zero attached hydrogens (tertiary/aromatic N) is 2. The quantitative estimate of drug-likeness (QED) is 0.370. The molecule has 1 amide bonds. The molecule has 0 saturated heterocycles. The summed E-state index contributed by atoms with van der Waals surface area (Å²) >= 11 is 10.9. The molecule has 0 saturated carbocycles. The molecule has 3 rings (SSSR count). The molecular formula is C20H17BrClN3OS. The number of hydrogen-bond donors (Lipinski definition) is 1. The van der Waals surface area contributed by atoms with Crippen LogP contribution in [0.3, 0.4) is 0 Å². The molecule has 0 aliphatic rings. The minimum Gasteiger partial charge on any atom is -0.320 e. The van der Waals surface area contributed by atoms with Crippen molar-refractivity contribution in [3.63, 3.8) is 0 Å². The van der Waals surface area contributed by atoms with Gasteiger partial charge in [0.1, 0.15) is 5.69 Å². The monoisotopic (exact) mass is 461 g/mol. The van der Waals surface area contributed by atoms with E-state index in [-0.39, 0.29) is 11.6 Å². The number of halogens is 2. The van der Waals surface area contributed by atoms with E-state index < -0.39 is 0 Å². The third kappa shape index (κ3) is 5.31. The lowest BCUT2D eigenvalue weighted by atomic mass is 10.2. The molecule has 0 radical (unpaired) electrons. The van der Waals surface area contributed by atoms with Crippen molar-refractivity contribution in [3.05, 3.63) is 80.5 Å². The van der Waals surface area contributed by atoms with E-state index in [9.17, 15) is 4.79 Å². The number of hydrogen-bond acceptors (Lipinski definition) is 4. The lowest BCUT2D eigenvalue weighted by molar-refractivity contribution is 0.102. The van der Waals surface area contributed by atoms with Crippen molar-refractivity contribution in [2.24, 2.45) is 0 Å². The first-order valence-electron chi connectivity index (χ1n) is 8.21. The predicted molar refractivity (Wildman–Crippen MR) is 115 cm³/mol. The summed E-state index contributed by atoms with van der Waals surface area (Å²) in [4.78, 5) is 21.4. The van der Waals surface area contributed by atoms with E-state index in [0.29, 0.717) is 20.3 Å². The van der Waals surface area contributed by atoms with E-state index in [1.54, 1.807) is 18.3 Å². The number of carbonyl (C=O) groups excluding carboxylic acids is 1. The summed E-state index contributed by atoms with van der Waals surface area (Å²) in [7, 11) is 0. The van der Waals surface area contributed by atoms with E-state index in [4.69, 9.17) is 11.6 Å². The van der Waals surface area contributed by atoms with E-state index >= 15 is 0 Å². The van der Waals surface area contributed by atoms with Gasteiger partial charge in [-0.3, -0.25) is 4.79 Å². The van der Waals surface area contributed by atoms with Crippen LogP contribution < -0.4 is 5.32 Å². The highest BCUT2D eigenvalue weighted by Gasteiger charge is 2.15. The van der Waals surface area contributed by atoms with Crippen LogP contribution in [0.1, 0.15) is 27.2 Å². The van der Waals surface area contributed by atoms with Crippen molar-refractivity contribution in [1.82, 2.24) is 9.97 Å². The standard InChI is InChI=1S/C20H17BrClN3OS/c1-12-3-6-14(7-4-12)11-27-20-23-10-16(21)18(25-20)19(26)24-17-9-15(22)8-5-13(17)2/h3-10H,11H2,1-2H3,(H,24,26). The van der Waals surface area contributed by atoms with Gasteiger partial charge >= 0.3 is 0 Å². The maximum Gasteiger partial charge on any atom is 0.275 e. The van der Waals surface area contributed by atoms with Crippen LogP contribution in [0.5, 0.6) is 0 Å². The van der Waals surface area contributed by atoms with E-state index in [0.717, 1.165) is 11.3 Å². The Kier molecular flexibility index (Phi) is 6.52. The molecule has 4 nitrogen and oxygen atoms in total. The molecule has 0 atom stereocenters. The maximum absolute atomic E-state index is 12.7. The second-order valence-corrected chi connectivity index (χ2v) is 8.27. The van der Waals surface area contributed by atoms with Gasteiger partial charge in [-0.2, -0.15) is 0 Å². The number of thioether (sulfide) groups is 1. The number of benzene rings is 2. The molecular weight excluding hydrogens is 446 g/mol. The average molecular weight is 463 g/mol. The Hall–Kier alpha value is -1.89. The number of rotatable bonds is 5. The summed E-state index contributed by atoms with van der Waals surface area (Å²) in [5.74, 6) is 0.419. The van der Waals surface area contributed by atoms with Crippen LogP contribution in [0.15, 0.2) is 58.3 Å². The summed E-state index contributed by atoms with van der Waals surface area (Å²) in [5, 5.41) is 3.97. The smallest absolute Gasteiger partial charge is 0.275 e. The molecule has 1 aromatic heterocycles. The van der Waals surface area contributed by atoms with Crippen LogP contribution in [0.4, 0.5) is 5.69 Å². The van der Waals surface area contributed by atoms with Gasteiger partial charge in [0.2, 0.25) is 0 Å². The Balaban J connectivity index is 1.75. The lowest BCUT2D eigenvalue weighted by Crippen LogP contribution is -2.16. The van der Waals surface area contributed by atoms with Crippen molar-refractivity contribution in [3.8, 4) is 0 Å². The second-order valence-electron chi connectivity index (χ2n) is 6.04. The van der Waals surface area contributed by atoms with E-state index in [1.165, 1.54) is 22.9 Å². The van der Waals surface area contributed by atoms with Crippen LogP contribution in [-0.4, -0.2) is 15.9 Å². The van der Waals surface area contributed by atoms with Crippen LogP contribution in [0.2, 0.25) is 5.02 Å². The zero-order chi connectivity index (χ0) is 19.4. The van der Waals surface area contributed by atoms with Gasteiger partial charge in [-0.05, 0) is 53.0 Å². The molecule has 1 heterocycles. The topological polar surface area (TPSA) is 54.9 Å². The predicted octanol–water partition coefficient (Wildman–Crippen LogP) is 6.05. The molecule has 3 aromatic rings. The summed E-state index contributed by atoms with van der Waals surface area (Å²) in [6.45, 7) is 3.96. The summed E-state index contributed by atoms with van der Waals surface area (Å²) in [6.07, 6.45) is 1.60. The number of amides is 1. The van der Waals surface area contributed by atoms with Crippen LogP contribution >= 0.6 is 39.3 Å². The third-order valence-corrected chi connectivity index (χ3v) is 5.62. The largest absolute Gasteiger partial charge is 0.320 e. The van der Waals surface area contributed by atoms with Crippen molar-refractivity contribution in [1.29, 1.82) is 0 Å². The molecule has 0 bridgehead atoms. The van der Waals surface area contributed by atoms with Crippen LogP contribution in [-0.2, 0) is 5.75 Å². The first kappa shape index (κ1) is 19.9. The maximum atomic E-state index is 12.7. The van der Waals surface area contributed by atoms with Crippen molar-refractivity contribution in [2.45, 2.75) is 24.8 Å². The highest BCUT2D eigenvalue weighted by molar-refractivity contribution is 9.10. The first-order valence-corrected chi connectivity index (χ1v) is 10.4. The van der Waals surface area contributed by atoms with Crippen LogP contribution in [0, 0.1) is 13.8 Å². The fourth-order valence-electron chi connectivity index (χ4n) is 2.32. The van der Waals surface area contributed by atoms with Crippen molar-refractivity contribution < 1.29 is 4.79 Å². The van der Waals surface area contributed by atoms with E-state index in [1.807, 2.05) is 13.0 Å². The highest BCUT2D eigenvalue weighted by Crippen LogP contribution is 2.25. The number of anilines is 1. The molecule has 1 N–H and O–H groups in total. The van der Waals surface area contributed by atoms with Crippen LogP contribution in [0.25, 0.3) is 0 Å². The van der Waals surface area contributed by atoms with Crippen molar-refractivity contribution >= 4 is 50.9 Å². The number of aromatic nitrogens is 2. The fraction of sp³-hybridized carbons (Fsp3) is 0.150. The molecule has 7 heteroatoms. The highest BCUT2D eigenvalue weighted by atomic mass is 79.9. The Morgan fingerprint density at radius 3 is 2.67 bits per heavy atom. The van der Waals surface area contributed by atoms with Gasteiger partial charge in [0.05, 0.1) is 4.47 Å². The minimum absolute atomic E-state index is 0.288. The van der Waals surface area contributed by atoms with Gasteiger partial charge in [0, 0.05) is 22.7 Å². The van der Waals surface area contributed by atoms with Crippen molar-refractivity contribution in [2.75, 3.05) is 5.32 Å². The summed E-state index contributed by atoms with van der Waals surface area (Å²) in [6, 6.07) is 13.7. The third-order valence-electron chi connectivity index (χ3n) is 3.87. The SMILES string of the molecule is Cc1ccc(CSc2ncc(Br)c(C(=O)Nc3cc(Cl)ccc3C)n2)cc1. The Labute approximate surface area is 175 Å². The molecule has 0 fully saturated rings. The molecule has 0 aliphatic carbocycles. The fourth-order valence-corrected chi connectivity index (χ4v) is 3.64. The van der Waals surface area contributed by atoms with Gasteiger partial charge in [-0.15, -0.1) is 0 Å². The Bertz CT molecular complexity index is 979. The second kappa shape index (κ2) is 8.87. The van der Waals surface area contributed by atoms with Gasteiger partial charge < -0.3 is 5.32 Å². The molecule has 0 aliphatic heterocycles. The minimum atomic E-state index is -0.313. The van der Waals surface area contributed by atoms with Gasteiger partial charge in [0.15, 0.2) is 5.16 Å². The zero-order valence-corrected chi connectivity index (χ0v) is 18.0. The number of aryl methyl sites for hydroxylation is 2. The van der Waals surface area contributed by atoms with Gasteiger partial charge in [-0.1, -0.05) is 59.3 Å².